The number of nitrogens with zero attached hydrogens (tertiary/aromatic N) is 4. The number of carbonyl (C=O) groups excluding carboxylic acids is 1. The molecule has 6 nitrogen and oxygen atoms in total. The highest BCUT2D eigenvalue weighted by Crippen LogP contribution is 2.22. The van der Waals surface area contributed by atoms with Crippen molar-refractivity contribution in [3.8, 4) is 5.69 Å². The maximum Gasteiger partial charge on any atom is 0.224 e. The molecule has 1 amide bonds. The SMILES string of the molecule is Cc1nn(-c2ccc(F)cc2)c(C)c1CC(=O)NCc1ccccc1N1CCN(C)CC1. The number of para-hydroxylation sites is 1. The van der Waals surface area contributed by atoms with Crippen molar-refractivity contribution in [2.75, 3.05) is 38.1 Å². The largest absolute Gasteiger partial charge is 0.369 e. The minimum Gasteiger partial charge on any atom is -0.369 e. The van der Waals surface area contributed by atoms with Crippen LogP contribution in [0.2, 0.25) is 0 Å². The zero-order valence-corrected chi connectivity index (χ0v) is 18.9. The second-order valence-electron chi connectivity index (χ2n) is 8.41. The maximum atomic E-state index is 13.3. The number of anilines is 1. The van der Waals surface area contributed by atoms with Crippen LogP contribution in [-0.2, 0) is 17.8 Å². The van der Waals surface area contributed by atoms with Crippen LogP contribution in [0, 0.1) is 19.7 Å². The average Bonchev–Trinajstić information content (AvgIpc) is 3.07. The van der Waals surface area contributed by atoms with Gasteiger partial charge in [-0.15, -0.1) is 0 Å². The summed E-state index contributed by atoms with van der Waals surface area (Å²) in [6.45, 7) is 8.39. The predicted molar refractivity (Wildman–Crippen MR) is 125 cm³/mol. The summed E-state index contributed by atoms with van der Waals surface area (Å²) in [7, 11) is 2.14. The minimum atomic E-state index is -0.285. The number of piperazine rings is 1. The van der Waals surface area contributed by atoms with Crippen LogP contribution in [0.1, 0.15) is 22.5 Å². The molecule has 2 heterocycles. The molecule has 0 aliphatic carbocycles. The summed E-state index contributed by atoms with van der Waals surface area (Å²) in [5.74, 6) is -0.324. The highest BCUT2D eigenvalue weighted by molar-refractivity contribution is 5.79. The molecule has 2 aromatic carbocycles. The first kappa shape index (κ1) is 22.0. The van der Waals surface area contributed by atoms with Crippen LogP contribution in [0.3, 0.4) is 0 Å². The molecule has 1 aliphatic rings. The van der Waals surface area contributed by atoms with Gasteiger partial charge in [0.1, 0.15) is 5.82 Å². The van der Waals surface area contributed by atoms with Crippen molar-refractivity contribution >= 4 is 11.6 Å². The Hall–Kier alpha value is -3.19. The smallest absolute Gasteiger partial charge is 0.224 e. The molecule has 3 aromatic rings. The fraction of sp³-hybridized carbons (Fsp3) is 0.360. The van der Waals surface area contributed by atoms with E-state index >= 15 is 0 Å². The van der Waals surface area contributed by atoms with Gasteiger partial charge in [0.2, 0.25) is 5.91 Å². The van der Waals surface area contributed by atoms with Crippen LogP contribution in [0.5, 0.6) is 0 Å². The van der Waals surface area contributed by atoms with Crippen molar-refractivity contribution in [1.82, 2.24) is 20.0 Å². The third-order valence-electron chi connectivity index (χ3n) is 6.16. The normalized spacial score (nSPS) is 14.6. The molecule has 0 unspecified atom stereocenters. The van der Waals surface area contributed by atoms with Gasteiger partial charge in [-0.2, -0.15) is 5.10 Å². The Morgan fingerprint density at radius 1 is 1.03 bits per heavy atom. The van der Waals surface area contributed by atoms with Gasteiger partial charge < -0.3 is 15.1 Å². The molecule has 0 atom stereocenters. The van der Waals surface area contributed by atoms with Crippen molar-refractivity contribution in [3.63, 3.8) is 0 Å². The van der Waals surface area contributed by atoms with E-state index in [4.69, 9.17) is 0 Å². The van der Waals surface area contributed by atoms with Crippen LogP contribution in [0.4, 0.5) is 10.1 Å². The second-order valence-corrected chi connectivity index (χ2v) is 8.41. The van der Waals surface area contributed by atoms with Crippen molar-refractivity contribution in [1.29, 1.82) is 0 Å². The van der Waals surface area contributed by atoms with Gasteiger partial charge in [0.25, 0.3) is 0 Å². The van der Waals surface area contributed by atoms with Gasteiger partial charge in [-0.25, -0.2) is 9.07 Å². The standard InChI is InChI=1S/C25H30FN5O/c1-18-23(19(2)31(28-18)22-10-8-21(26)9-11-22)16-25(32)27-17-20-6-4-5-7-24(20)30-14-12-29(3)13-15-30/h4-11H,12-17H2,1-3H3,(H,27,32). The first-order chi connectivity index (χ1) is 15.4. The molecule has 0 bridgehead atoms. The number of likely N-dealkylation sites (N-methyl/N-ethyl adjacent to an activating group) is 1. The van der Waals surface area contributed by atoms with E-state index in [0.717, 1.165) is 54.4 Å². The number of nitrogens with one attached hydrogen (secondary N) is 1. The second kappa shape index (κ2) is 9.53. The van der Waals surface area contributed by atoms with Crippen LogP contribution >= 0.6 is 0 Å². The number of hydrogen-bond donors (Lipinski definition) is 1. The summed E-state index contributed by atoms with van der Waals surface area (Å²) >= 11 is 0. The number of halogens is 1. The molecule has 1 fully saturated rings. The molecular formula is C25H30FN5O. The van der Waals surface area contributed by atoms with Gasteiger partial charge in [-0.1, -0.05) is 18.2 Å². The Kier molecular flexibility index (Phi) is 6.55. The van der Waals surface area contributed by atoms with E-state index in [-0.39, 0.29) is 18.1 Å². The Morgan fingerprint density at radius 2 is 1.72 bits per heavy atom. The van der Waals surface area contributed by atoms with Crippen molar-refractivity contribution in [2.45, 2.75) is 26.8 Å². The summed E-state index contributed by atoms with van der Waals surface area (Å²) < 4.78 is 15.0. The summed E-state index contributed by atoms with van der Waals surface area (Å²) in [4.78, 5) is 17.5. The highest BCUT2D eigenvalue weighted by Gasteiger charge is 2.18. The van der Waals surface area contributed by atoms with Crippen LogP contribution in [-0.4, -0.2) is 53.8 Å². The van der Waals surface area contributed by atoms with Crippen LogP contribution in [0.25, 0.3) is 5.69 Å². The number of rotatable bonds is 6. The third-order valence-corrected chi connectivity index (χ3v) is 6.16. The van der Waals surface area contributed by atoms with E-state index in [9.17, 15) is 9.18 Å². The van der Waals surface area contributed by atoms with Gasteiger partial charge >= 0.3 is 0 Å². The molecule has 1 aliphatic heterocycles. The van der Waals surface area contributed by atoms with E-state index in [1.54, 1.807) is 16.8 Å². The Morgan fingerprint density at radius 3 is 2.44 bits per heavy atom. The number of carbonyl (C=O) groups is 1. The lowest BCUT2D eigenvalue weighted by atomic mass is 10.1. The Bertz CT molecular complexity index is 1080. The summed E-state index contributed by atoms with van der Waals surface area (Å²) in [6, 6.07) is 14.5. The predicted octanol–water partition coefficient (Wildman–Crippen LogP) is 3.24. The summed E-state index contributed by atoms with van der Waals surface area (Å²) in [6.07, 6.45) is 0.259. The fourth-order valence-corrected chi connectivity index (χ4v) is 4.20. The first-order valence-electron chi connectivity index (χ1n) is 11.0. The lowest BCUT2D eigenvalue weighted by Gasteiger charge is -2.35. The lowest BCUT2D eigenvalue weighted by molar-refractivity contribution is -0.120. The summed E-state index contributed by atoms with van der Waals surface area (Å²) in [5.41, 5.74) is 5.69. The summed E-state index contributed by atoms with van der Waals surface area (Å²) in [5, 5.41) is 7.65. The van der Waals surface area contributed by atoms with E-state index in [0.29, 0.717) is 6.54 Å². The molecule has 1 aromatic heterocycles. The number of benzene rings is 2. The molecular weight excluding hydrogens is 405 g/mol. The van der Waals surface area contributed by atoms with Crippen LogP contribution in [0.15, 0.2) is 48.5 Å². The van der Waals surface area contributed by atoms with E-state index in [2.05, 4.69) is 45.5 Å². The minimum absolute atomic E-state index is 0.0389. The van der Waals surface area contributed by atoms with E-state index < -0.39 is 0 Å². The molecule has 1 saturated heterocycles. The van der Waals surface area contributed by atoms with E-state index in [1.165, 1.54) is 17.8 Å². The quantitative estimate of drug-likeness (QED) is 0.646. The number of hydrogen-bond acceptors (Lipinski definition) is 4. The molecule has 1 N–H and O–H groups in total. The van der Waals surface area contributed by atoms with Gasteiger partial charge in [0.15, 0.2) is 0 Å². The third kappa shape index (κ3) is 4.83. The molecule has 168 valence electrons. The maximum absolute atomic E-state index is 13.3. The van der Waals surface area contributed by atoms with Crippen molar-refractivity contribution in [3.05, 3.63) is 76.9 Å². The Labute approximate surface area is 188 Å². The van der Waals surface area contributed by atoms with Crippen molar-refractivity contribution < 1.29 is 9.18 Å². The number of amides is 1. The molecule has 32 heavy (non-hydrogen) atoms. The average molecular weight is 436 g/mol. The van der Waals surface area contributed by atoms with Gasteiger partial charge in [0, 0.05) is 49.7 Å². The van der Waals surface area contributed by atoms with Crippen LogP contribution < -0.4 is 10.2 Å². The molecule has 4 rings (SSSR count). The van der Waals surface area contributed by atoms with E-state index in [1.807, 2.05) is 19.9 Å². The van der Waals surface area contributed by atoms with Gasteiger partial charge in [0.05, 0.1) is 17.8 Å². The lowest BCUT2D eigenvalue weighted by Crippen LogP contribution is -2.45. The zero-order valence-electron chi connectivity index (χ0n) is 18.9. The highest BCUT2D eigenvalue weighted by atomic mass is 19.1. The Balaban J connectivity index is 1.43. The molecule has 0 spiro atoms. The molecule has 0 saturated carbocycles. The first-order valence-corrected chi connectivity index (χ1v) is 11.0. The monoisotopic (exact) mass is 435 g/mol. The number of aryl methyl sites for hydroxylation is 1. The topological polar surface area (TPSA) is 53.4 Å². The zero-order chi connectivity index (χ0) is 22.7. The number of aromatic nitrogens is 2. The van der Waals surface area contributed by atoms with Gasteiger partial charge in [-0.3, -0.25) is 4.79 Å². The van der Waals surface area contributed by atoms with Gasteiger partial charge in [-0.05, 0) is 56.8 Å². The molecule has 7 heteroatoms. The fourth-order valence-electron chi connectivity index (χ4n) is 4.20. The van der Waals surface area contributed by atoms with Crippen molar-refractivity contribution in [2.24, 2.45) is 0 Å². The molecule has 0 radical (unpaired) electrons.